The van der Waals surface area contributed by atoms with Gasteiger partial charge in [0.05, 0.1) is 6.10 Å². The number of esters is 1. The molecule has 2 N–H and O–H groups in total. The third-order valence-corrected chi connectivity index (χ3v) is 5.76. The Bertz CT molecular complexity index is 780. The minimum Gasteiger partial charge on any atom is -0.507 e. The van der Waals surface area contributed by atoms with Crippen LogP contribution in [0.2, 0.25) is 0 Å². The van der Waals surface area contributed by atoms with E-state index in [1.165, 1.54) is 12.1 Å². The number of benzene rings is 1. The van der Waals surface area contributed by atoms with Crippen LogP contribution in [0.5, 0.6) is 11.5 Å². The predicted octanol–water partition coefficient (Wildman–Crippen LogP) is 1.15. The number of alkyl halides is 1. The number of aromatic hydroxyl groups is 2. The summed E-state index contributed by atoms with van der Waals surface area (Å²) < 4.78 is 11.8. The monoisotopic (exact) mass is 529 g/mol. The van der Waals surface area contributed by atoms with Crippen molar-refractivity contribution in [3.63, 3.8) is 0 Å². The smallest absolute Gasteiger partial charge is 0.342 e. The molecule has 2 atom stereocenters. The van der Waals surface area contributed by atoms with Gasteiger partial charge in [0.2, 0.25) is 0 Å². The molecule has 1 heterocycles. The maximum atomic E-state index is 12.8. The van der Waals surface area contributed by atoms with Gasteiger partial charge in [-0.3, -0.25) is 4.79 Å². The van der Waals surface area contributed by atoms with Crippen LogP contribution in [-0.2, 0) is 18.7 Å². The number of rotatable bonds is 10. The van der Waals surface area contributed by atoms with Crippen LogP contribution in [0, 0.1) is 0 Å². The van der Waals surface area contributed by atoms with Crippen molar-refractivity contribution in [2.24, 2.45) is 0 Å². The van der Waals surface area contributed by atoms with Gasteiger partial charge in [0.15, 0.2) is 4.43 Å². The Kier molecular flexibility index (Phi) is 10.4. The molecule has 30 heavy (non-hydrogen) atoms. The van der Waals surface area contributed by atoms with Crippen molar-refractivity contribution in [2.75, 3.05) is 6.61 Å². The highest BCUT2D eigenvalue weighted by molar-refractivity contribution is 5.95. The highest BCUT2D eigenvalue weighted by Gasteiger charge is 2.31. The van der Waals surface area contributed by atoms with Gasteiger partial charge >= 0.3 is 5.97 Å². The standard InChI is InChI=1S/C23H29IO6/c1-16(10-6-4-2-3-5-8-12-25)30-23(28)22-17(15-24)21(18(26)14-19(22)27)20-11-7-9-13-29-20/h4-6,8,12,14,16,20,24H,2-3,7,9-11,13,15H2,1H3,(H-,26,27,28)/p+1/b6-4+,8-5+/t16-,20?/m1/s1. The number of hydrogen-bond donors (Lipinski definition) is 2. The van der Waals surface area contributed by atoms with Crippen molar-refractivity contribution in [1.82, 2.24) is 0 Å². The molecule has 0 radical (unpaired) electrons. The number of hydrogen-bond acceptors (Lipinski definition) is 6. The molecule has 1 aliphatic heterocycles. The van der Waals surface area contributed by atoms with Gasteiger partial charge in [-0.05, 0) is 45.1 Å². The first-order valence-electron chi connectivity index (χ1n) is 10.2. The highest BCUT2D eigenvalue weighted by Crippen LogP contribution is 2.40. The number of allylic oxidation sites excluding steroid dienone is 3. The number of ether oxygens (including phenoxy) is 2. The van der Waals surface area contributed by atoms with E-state index in [9.17, 15) is 19.8 Å². The molecule has 0 saturated carbocycles. The molecule has 6 nitrogen and oxygen atoms in total. The van der Waals surface area contributed by atoms with E-state index >= 15 is 0 Å². The second-order valence-electron chi connectivity index (χ2n) is 7.25. The largest absolute Gasteiger partial charge is 0.507 e. The summed E-state index contributed by atoms with van der Waals surface area (Å²) in [6.45, 7) is 2.41. The third kappa shape index (κ3) is 6.84. The molecule has 0 aliphatic carbocycles. The van der Waals surface area contributed by atoms with Crippen LogP contribution in [-0.4, -0.2) is 35.2 Å². The number of phenolic OH excluding ortho intramolecular Hbond substituents is 2. The summed E-state index contributed by atoms with van der Waals surface area (Å²) in [6, 6.07) is 1.21. The molecule has 2 rings (SSSR count). The molecule has 0 spiro atoms. The van der Waals surface area contributed by atoms with Crippen LogP contribution >= 0.6 is 0 Å². The van der Waals surface area contributed by atoms with Crippen LogP contribution in [0.1, 0.15) is 73.0 Å². The number of carbonyl (C=O) groups excluding carboxylic acids is 2. The number of aldehydes is 1. The molecule has 0 amide bonds. The zero-order valence-corrected chi connectivity index (χ0v) is 19.5. The summed E-state index contributed by atoms with van der Waals surface area (Å²) >= 11 is 1.80. The Labute approximate surface area is 191 Å². The fraction of sp³-hybridized carbons (Fsp3) is 0.478. The number of halogens is 1. The molecule has 0 aromatic heterocycles. The summed E-state index contributed by atoms with van der Waals surface area (Å²) in [4.78, 5) is 23.0. The summed E-state index contributed by atoms with van der Waals surface area (Å²) in [5, 5.41) is 20.8. The quantitative estimate of drug-likeness (QED) is 0.0899. The first-order valence-corrected chi connectivity index (χ1v) is 11.9. The number of unbranched alkanes of at least 4 members (excludes halogenated alkanes) is 1. The van der Waals surface area contributed by atoms with E-state index in [1.54, 1.807) is 35.6 Å². The topological polar surface area (TPSA) is 93.1 Å². The lowest BCUT2D eigenvalue weighted by atomic mass is 9.92. The van der Waals surface area contributed by atoms with Crippen molar-refractivity contribution < 1.29 is 51.9 Å². The molecule has 1 fully saturated rings. The Morgan fingerprint density at radius 3 is 2.70 bits per heavy atom. The van der Waals surface area contributed by atoms with Gasteiger partial charge in [0.1, 0.15) is 29.5 Å². The second-order valence-corrected chi connectivity index (χ2v) is 8.07. The normalized spacial score (nSPS) is 18.0. The molecule has 164 valence electrons. The SMILES string of the molecule is C[C@H](C/C=C/CC/C=C/C=O)OC(=O)c1c(O)cc(O)c(C2CCCCO2)c1C[IH+]. The molecule has 1 aromatic carbocycles. The van der Waals surface area contributed by atoms with Crippen molar-refractivity contribution in [1.29, 1.82) is 0 Å². The zero-order valence-electron chi connectivity index (χ0n) is 17.2. The van der Waals surface area contributed by atoms with Crippen molar-refractivity contribution in [3.05, 3.63) is 47.1 Å². The van der Waals surface area contributed by atoms with Gasteiger partial charge in [0, 0.05) is 30.2 Å². The van der Waals surface area contributed by atoms with Crippen molar-refractivity contribution in [3.8, 4) is 11.5 Å². The minimum absolute atomic E-state index is 0.0471. The Hall–Kier alpha value is -1.87. The summed E-state index contributed by atoms with van der Waals surface area (Å²) in [6.07, 6.45) is 12.1. The minimum atomic E-state index is -0.599. The lowest BCUT2D eigenvalue weighted by Gasteiger charge is -2.26. The molecular formula is C23H30IO6+. The highest BCUT2D eigenvalue weighted by atomic mass is 127. The average molecular weight is 529 g/mol. The molecule has 7 heteroatoms. The first kappa shape index (κ1) is 24.4. The summed E-state index contributed by atoms with van der Waals surface area (Å²) in [5.41, 5.74) is 1.27. The second kappa shape index (κ2) is 12.7. The summed E-state index contributed by atoms with van der Waals surface area (Å²) in [5.74, 6) is -0.924. The maximum absolute atomic E-state index is 12.8. The van der Waals surface area contributed by atoms with Crippen LogP contribution in [0.3, 0.4) is 0 Å². The molecule has 1 aliphatic rings. The van der Waals surface area contributed by atoms with Crippen LogP contribution < -0.4 is 22.6 Å². The molecule has 1 saturated heterocycles. The van der Waals surface area contributed by atoms with E-state index in [-0.39, 0.29) is 29.3 Å². The average Bonchev–Trinajstić information content (AvgIpc) is 2.72. The molecular weight excluding hydrogens is 499 g/mol. The fourth-order valence-electron chi connectivity index (χ4n) is 3.47. The summed E-state index contributed by atoms with van der Waals surface area (Å²) in [7, 11) is 0. The number of carbonyl (C=O) groups is 2. The van der Waals surface area contributed by atoms with Gasteiger partial charge in [-0.15, -0.1) is 0 Å². The van der Waals surface area contributed by atoms with E-state index in [4.69, 9.17) is 9.47 Å². The van der Waals surface area contributed by atoms with Crippen molar-refractivity contribution in [2.45, 2.75) is 62.1 Å². The Morgan fingerprint density at radius 2 is 2.03 bits per heavy atom. The lowest BCUT2D eigenvalue weighted by Crippen LogP contribution is -3.33. The van der Waals surface area contributed by atoms with Gasteiger partial charge in [-0.2, -0.15) is 0 Å². The maximum Gasteiger partial charge on any atom is 0.342 e. The molecule has 0 bridgehead atoms. The van der Waals surface area contributed by atoms with Crippen molar-refractivity contribution >= 4 is 12.3 Å². The Balaban J connectivity index is 2.09. The van der Waals surface area contributed by atoms with E-state index in [0.29, 0.717) is 28.6 Å². The van der Waals surface area contributed by atoms with E-state index in [1.807, 2.05) is 12.2 Å². The zero-order chi connectivity index (χ0) is 21.9. The van der Waals surface area contributed by atoms with E-state index in [0.717, 1.165) is 38.4 Å². The van der Waals surface area contributed by atoms with Crippen LogP contribution in [0.25, 0.3) is 0 Å². The molecule has 1 aromatic rings. The Morgan fingerprint density at radius 1 is 1.27 bits per heavy atom. The van der Waals surface area contributed by atoms with Gasteiger partial charge in [-0.1, -0.05) is 18.2 Å². The number of phenols is 2. The van der Waals surface area contributed by atoms with Crippen LogP contribution in [0.4, 0.5) is 0 Å². The van der Waals surface area contributed by atoms with Gasteiger partial charge in [0.25, 0.3) is 22.6 Å². The van der Waals surface area contributed by atoms with Gasteiger partial charge in [-0.25, -0.2) is 4.79 Å². The van der Waals surface area contributed by atoms with Crippen LogP contribution in [0.15, 0.2) is 30.4 Å². The lowest BCUT2D eigenvalue weighted by molar-refractivity contribution is -0.386. The van der Waals surface area contributed by atoms with Gasteiger partial charge < -0.3 is 19.7 Å². The fourth-order valence-corrected chi connectivity index (χ4v) is 4.32. The predicted molar refractivity (Wildman–Crippen MR) is 110 cm³/mol. The van der Waals surface area contributed by atoms with E-state index < -0.39 is 5.97 Å². The molecule has 1 unspecified atom stereocenters. The van der Waals surface area contributed by atoms with E-state index in [2.05, 4.69) is 0 Å². The third-order valence-electron chi connectivity index (χ3n) is 4.94. The first-order chi connectivity index (χ1) is 14.5.